The molecule has 1 heterocycles. The Morgan fingerprint density at radius 2 is 1.75 bits per heavy atom. The molecule has 3 rings (SSSR count). The average Bonchev–Trinajstić information content (AvgIpc) is 2.94. The molecule has 0 bridgehead atoms. The van der Waals surface area contributed by atoms with Crippen LogP contribution in [0.5, 0.6) is 0 Å². The normalized spacial score (nSPS) is 10.7. The minimum absolute atomic E-state index is 0.232. The van der Waals surface area contributed by atoms with Gasteiger partial charge in [0.05, 0.1) is 15.6 Å². The van der Waals surface area contributed by atoms with Crippen LogP contribution in [0.25, 0.3) is 11.3 Å². The first-order valence-electron chi connectivity index (χ1n) is 7.07. The monoisotopic (exact) mass is 423 g/mol. The van der Waals surface area contributed by atoms with E-state index in [0.717, 1.165) is 10.0 Å². The molecule has 24 heavy (non-hydrogen) atoms. The van der Waals surface area contributed by atoms with Crippen molar-refractivity contribution in [3.63, 3.8) is 0 Å². The topological polar surface area (TPSA) is 42.2 Å². The van der Waals surface area contributed by atoms with Crippen molar-refractivity contribution in [2.75, 3.05) is 5.32 Å². The molecule has 3 aromatic rings. The molecule has 1 aromatic heterocycles. The molecular weight excluding hydrogens is 413 g/mol. The van der Waals surface area contributed by atoms with E-state index in [1.165, 1.54) is 0 Å². The average molecular weight is 425 g/mol. The van der Waals surface area contributed by atoms with Crippen molar-refractivity contribution < 1.29 is 9.21 Å². The van der Waals surface area contributed by atoms with Gasteiger partial charge in [0.2, 0.25) is 0 Å². The number of carbonyl (C=O) groups excluding carboxylic acids is 1. The predicted molar refractivity (Wildman–Crippen MR) is 101 cm³/mol. The highest BCUT2D eigenvalue weighted by Gasteiger charge is 2.16. The van der Waals surface area contributed by atoms with Crippen LogP contribution < -0.4 is 5.32 Å². The van der Waals surface area contributed by atoms with Crippen LogP contribution in [0, 0.1) is 6.92 Å². The number of rotatable bonds is 3. The van der Waals surface area contributed by atoms with Crippen molar-refractivity contribution in [2.45, 2.75) is 6.92 Å². The SMILES string of the molecule is Cc1oc(-c2ccc(Cl)c(Cl)c2)cc1C(=O)Nc1ccc(Br)cc1. The largest absolute Gasteiger partial charge is 0.461 e. The Hall–Kier alpha value is -1.75. The molecule has 0 atom stereocenters. The van der Waals surface area contributed by atoms with Crippen LogP contribution in [0.1, 0.15) is 16.1 Å². The van der Waals surface area contributed by atoms with Crippen LogP contribution in [-0.2, 0) is 0 Å². The van der Waals surface area contributed by atoms with E-state index >= 15 is 0 Å². The summed E-state index contributed by atoms with van der Waals surface area (Å²) in [5.41, 5.74) is 1.94. The van der Waals surface area contributed by atoms with E-state index in [2.05, 4.69) is 21.2 Å². The van der Waals surface area contributed by atoms with Gasteiger partial charge < -0.3 is 9.73 Å². The maximum absolute atomic E-state index is 12.5. The number of hydrogen-bond acceptors (Lipinski definition) is 2. The summed E-state index contributed by atoms with van der Waals surface area (Å²) >= 11 is 15.3. The number of benzene rings is 2. The zero-order chi connectivity index (χ0) is 17.3. The second-order valence-corrected chi connectivity index (χ2v) is 6.90. The first kappa shape index (κ1) is 17.1. The van der Waals surface area contributed by atoms with Gasteiger partial charge in [-0.15, -0.1) is 0 Å². The standard InChI is InChI=1S/C18H12BrCl2NO2/c1-10-14(18(23)22-13-5-3-12(19)4-6-13)9-17(24-10)11-2-7-15(20)16(21)8-11/h2-9H,1H3,(H,22,23). The van der Waals surface area contributed by atoms with Crippen LogP contribution in [0.2, 0.25) is 10.0 Å². The molecule has 2 aromatic carbocycles. The molecule has 6 heteroatoms. The molecule has 0 spiro atoms. The van der Waals surface area contributed by atoms with E-state index in [1.807, 2.05) is 24.3 Å². The molecule has 0 unspecified atom stereocenters. The Morgan fingerprint density at radius 1 is 1.04 bits per heavy atom. The summed E-state index contributed by atoms with van der Waals surface area (Å²) in [4.78, 5) is 12.5. The van der Waals surface area contributed by atoms with Gasteiger partial charge in [-0.05, 0) is 55.5 Å². The second-order valence-electron chi connectivity index (χ2n) is 5.17. The highest BCUT2D eigenvalue weighted by molar-refractivity contribution is 9.10. The van der Waals surface area contributed by atoms with E-state index in [-0.39, 0.29) is 5.91 Å². The van der Waals surface area contributed by atoms with Gasteiger partial charge >= 0.3 is 0 Å². The van der Waals surface area contributed by atoms with E-state index < -0.39 is 0 Å². The van der Waals surface area contributed by atoms with Crippen molar-refractivity contribution in [3.8, 4) is 11.3 Å². The van der Waals surface area contributed by atoms with Gasteiger partial charge in [-0.1, -0.05) is 39.1 Å². The number of nitrogens with one attached hydrogen (secondary N) is 1. The Morgan fingerprint density at radius 3 is 2.42 bits per heavy atom. The predicted octanol–water partition coefficient (Wildman–Crippen LogP) is 6.58. The molecule has 0 aliphatic rings. The number of hydrogen-bond donors (Lipinski definition) is 1. The van der Waals surface area contributed by atoms with E-state index in [9.17, 15) is 4.79 Å². The van der Waals surface area contributed by atoms with Crippen LogP contribution >= 0.6 is 39.1 Å². The summed E-state index contributed by atoms with van der Waals surface area (Å²) in [7, 11) is 0. The summed E-state index contributed by atoms with van der Waals surface area (Å²) in [5, 5.41) is 3.75. The van der Waals surface area contributed by atoms with Gasteiger partial charge in [0, 0.05) is 15.7 Å². The van der Waals surface area contributed by atoms with Gasteiger partial charge in [0.25, 0.3) is 5.91 Å². The van der Waals surface area contributed by atoms with Crippen molar-refractivity contribution in [3.05, 3.63) is 74.4 Å². The highest BCUT2D eigenvalue weighted by Crippen LogP contribution is 2.31. The fraction of sp³-hybridized carbons (Fsp3) is 0.0556. The van der Waals surface area contributed by atoms with Gasteiger partial charge in [0.15, 0.2) is 0 Å². The Balaban J connectivity index is 1.86. The molecule has 0 saturated heterocycles. The molecule has 0 radical (unpaired) electrons. The third kappa shape index (κ3) is 3.66. The maximum atomic E-state index is 12.5. The summed E-state index contributed by atoms with van der Waals surface area (Å²) in [6.45, 7) is 1.75. The summed E-state index contributed by atoms with van der Waals surface area (Å²) in [5.74, 6) is 0.864. The van der Waals surface area contributed by atoms with E-state index in [0.29, 0.717) is 32.8 Å². The molecule has 122 valence electrons. The molecule has 0 aliphatic heterocycles. The van der Waals surface area contributed by atoms with Crippen LogP contribution in [0.3, 0.4) is 0 Å². The number of aryl methyl sites for hydroxylation is 1. The van der Waals surface area contributed by atoms with Crippen LogP contribution in [0.15, 0.2) is 57.4 Å². The first-order valence-corrected chi connectivity index (χ1v) is 8.61. The van der Waals surface area contributed by atoms with Crippen molar-refractivity contribution in [1.29, 1.82) is 0 Å². The minimum atomic E-state index is -0.232. The zero-order valence-electron chi connectivity index (χ0n) is 12.6. The zero-order valence-corrected chi connectivity index (χ0v) is 15.7. The van der Waals surface area contributed by atoms with E-state index in [1.54, 1.807) is 31.2 Å². The lowest BCUT2D eigenvalue weighted by Gasteiger charge is -2.03. The van der Waals surface area contributed by atoms with Gasteiger partial charge in [-0.3, -0.25) is 4.79 Å². The fourth-order valence-electron chi connectivity index (χ4n) is 2.23. The first-order chi connectivity index (χ1) is 11.4. The Labute approximate surface area is 157 Å². The molecule has 3 nitrogen and oxygen atoms in total. The Kier molecular flexibility index (Phi) is 4.99. The number of anilines is 1. The molecular formula is C18H12BrCl2NO2. The van der Waals surface area contributed by atoms with Gasteiger partial charge in [0.1, 0.15) is 11.5 Å². The Bertz CT molecular complexity index is 904. The smallest absolute Gasteiger partial charge is 0.259 e. The lowest BCUT2D eigenvalue weighted by atomic mass is 10.1. The summed E-state index contributed by atoms with van der Waals surface area (Å²) in [6, 6.07) is 14.2. The van der Waals surface area contributed by atoms with Crippen LogP contribution in [0.4, 0.5) is 5.69 Å². The van der Waals surface area contributed by atoms with Crippen molar-refractivity contribution in [2.24, 2.45) is 0 Å². The van der Waals surface area contributed by atoms with Crippen molar-refractivity contribution >= 4 is 50.7 Å². The van der Waals surface area contributed by atoms with Crippen LogP contribution in [-0.4, -0.2) is 5.91 Å². The van der Waals surface area contributed by atoms with Crippen molar-refractivity contribution in [1.82, 2.24) is 0 Å². The maximum Gasteiger partial charge on any atom is 0.259 e. The molecule has 1 amide bonds. The number of halogens is 3. The van der Waals surface area contributed by atoms with Gasteiger partial charge in [-0.25, -0.2) is 0 Å². The fourth-order valence-corrected chi connectivity index (χ4v) is 2.79. The molecule has 1 N–H and O–H groups in total. The van der Waals surface area contributed by atoms with Gasteiger partial charge in [-0.2, -0.15) is 0 Å². The lowest BCUT2D eigenvalue weighted by Crippen LogP contribution is -2.11. The molecule has 0 aliphatic carbocycles. The third-order valence-corrected chi connectivity index (χ3v) is 4.74. The number of amides is 1. The number of carbonyl (C=O) groups is 1. The van der Waals surface area contributed by atoms with E-state index in [4.69, 9.17) is 27.6 Å². The second kappa shape index (κ2) is 7.01. The minimum Gasteiger partial charge on any atom is -0.461 e. The molecule has 0 saturated carbocycles. The summed E-state index contributed by atoms with van der Waals surface area (Å²) < 4.78 is 6.65. The molecule has 0 fully saturated rings. The lowest BCUT2D eigenvalue weighted by molar-refractivity contribution is 0.102. The third-order valence-electron chi connectivity index (χ3n) is 3.47. The quantitative estimate of drug-likeness (QED) is 0.516. The number of furan rings is 1. The summed E-state index contributed by atoms with van der Waals surface area (Å²) in [6.07, 6.45) is 0. The highest BCUT2D eigenvalue weighted by atomic mass is 79.9.